The molecule has 1 unspecified atom stereocenters. The van der Waals surface area contributed by atoms with Crippen molar-refractivity contribution in [3.05, 3.63) is 11.6 Å². The van der Waals surface area contributed by atoms with E-state index in [1.54, 1.807) is 0 Å². The fourth-order valence-corrected chi connectivity index (χ4v) is 2.09. The smallest absolute Gasteiger partial charge is 0.222 e. The molecule has 0 bridgehead atoms. The van der Waals surface area contributed by atoms with Crippen LogP contribution in [0.4, 0.5) is 0 Å². The van der Waals surface area contributed by atoms with Crippen molar-refractivity contribution in [2.75, 3.05) is 13.1 Å². The molecule has 1 aliphatic heterocycles. The first-order valence-corrected chi connectivity index (χ1v) is 6.53. The van der Waals surface area contributed by atoms with Crippen LogP contribution in [-0.4, -0.2) is 29.9 Å². The van der Waals surface area contributed by atoms with Gasteiger partial charge >= 0.3 is 0 Å². The molecule has 3 heteroatoms. The number of rotatable bonds is 3. The van der Waals surface area contributed by atoms with Gasteiger partial charge in [-0.25, -0.2) is 0 Å². The molecule has 0 fully saturated rings. The van der Waals surface area contributed by atoms with E-state index in [1.165, 1.54) is 5.57 Å². The summed E-state index contributed by atoms with van der Waals surface area (Å²) < 4.78 is 0. The number of amides is 1. The van der Waals surface area contributed by atoms with Crippen LogP contribution < -0.4 is 5.73 Å². The van der Waals surface area contributed by atoms with Gasteiger partial charge < -0.3 is 10.6 Å². The van der Waals surface area contributed by atoms with Gasteiger partial charge in [0, 0.05) is 25.6 Å². The van der Waals surface area contributed by atoms with E-state index in [9.17, 15) is 4.79 Å². The maximum Gasteiger partial charge on any atom is 0.222 e. The predicted octanol–water partition coefficient (Wildman–Crippen LogP) is 2.32. The minimum Gasteiger partial charge on any atom is -0.339 e. The third-order valence-corrected chi connectivity index (χ3v) is 3.34. The molecule has 0 saturated carbocycles. The zero-order valence-corrected chi connectivity index (χ0v) is 11.6. The lowest BCUT2D eigenvalue weighted by Gasteiger charge is -2.32. The summed E-state index contributed by atoms with van der Waals surface area (Å²) in [6, 6.07) is 0.115. The molecule has 1 aliphatic rings. The van der Waals surface area contributed by atoms with E-state index in [4.69, 9.17) is 5.73 Å². The molecule has 0 aromatic heterocycles. The highest BCUT2D eigenvalue weighted by molar-refractivity contribution is 5.76. The van der Waals surface area contributed by atoms with Crippen LogP contribution in [-0.2, 0) is 4.79 Å². The molecule has 2 N–H and O–H groups in total. The van der Waals surface area contributed by atoms with Gasteiger partial charge in [0.1, 0.15) is 0 Å². The van der Waals surface area contributed by atoms with Crippen LogP contribution in [0.15, 0.2) is 11.6 Å². The number of carbonyl (C=O) groups is 1. The molecule has 0 aromatic carbocycles. The first kappa shape index (κ1) is 14.2. The van der Waals surface area contributed by atoms with Crippen LogP contribution in [0.25, 0.3) is 0 Å². The molecule has 1 rings (SSSR count). The van der Waals surface area contributed by atoms with Gasteiger partial charge in [-0.15, -0.1) is 0 Å². The minimum absolute atomic E-state index is 0.115. The van der Waals surface area contributed by atoms with Gasteiger partial charge in [0.25, 0.3) is 0 Å². The van der Waals surface area contributed by atoms with Crippen molar-refractivity contribution in [2.45, 2.75) is 53.0 Å². The van der Waals surface area contributed by atoms with E-state index in [1.807, 2.05) is 11.8 Å². The highest BCUT2D eigenvalue weighted by atomic mass is 16.2. The van der Waals surface area contributed by atoms with Gasteiger partial charge in [-0.1, -0.05) is 32.4 Å². The molecule has 0 radical (unpaired) electrons. The average Bonchev–Trinajstić information content (AvgIpc) is 2.25. The normalized spacial score (nSPS) is 18.9. The van der Waals surface area contributed by atoms with Gasteiger partial charge in [-0.05, 0) is 25.2 Å². The number of hydrogen-bond acceptors (Lipinski definition) is 2. The summed E-state index contributed by atoms with van der Waals surface area (Å²) in [6.07, 6.45) is 4.59. The maximum atomic E-state index is 11.9. The zero-order valence-electron chi connectivity index (χ0n) is 11.6. The fraction of sp³-hybridized carbons (Fsp3) is 0.786. The average molecular weight is 238 g/mol. The van der Waals surface area contributed by atoms with E-state index < -0.39 is 0 Å². The van der Waals surface area contributed by atoms with Crippen molar-refractivity contribution < 1.29 is 4.79 Å². The highest BCUT2D eigenvalue weighted by Gasteiger charge is 2.23. The fourth-order valence-electron chi connectivity index (χ4n) is 2.09. The van der Waals surface area contributed by atoms with Gasteiger partial charge in [0.15, 0.2) is 0 Å². The Morgan fingerprint density at radius 2 is 2.18 bits per heavy atom. The molecule has 1 heterocycles. The zero-order chi connectivity index (χ0) is 13.1. The predicted molar refractivity (Wildman–Crippen MR) is 71.6 cm³/mol. The first-order valence-electron chi connectivity index (χ1n) is 6.53. The minimum atomic E-state index is 0.115. The second kappa shape index (κ2) is 5.67. The Balaban J connectivity index is 2.46. The van der Waals surface area contributed by atoms with E-state index in [0.29, 0.717) is 6.42 Å². The molecule has 0 spiro atoms. The third kappa shape index (κ3) is 4.50. The Morgan fingerprint density at radius 3 is 2.59 bits per heavy atom. The Labute approximate surface area is 105 Å². The van der Waals surface area contributed by atoms with E-state index in [2.05, 4.69) is 26.8 Å². The number of nitrogens with zero attached hydrogens (tertiary/aromatic N) is 1. The monoisotopic (exact) mass is 238 g/mol. The van der Waals surface area contributed by atoms with Crippen molar-refractivity contribution in [3.63, 3.8) is 0 Å². The highest BCUT2D eigenvalue weighted by Crippen LogP contribution is 2.30. The summed E-state index contributed by atoms with van der Waals surface area (Å²) in [5.41, 5.74) is 7.37. The summed E-state index contributed by atoms with van der Waals surface area (Å²) >= 11 is 0. The SMILES string of the molecule is CC(N)CCC(=O)N1CC=C(C(C)(C)C)CC1. The molecule has 0 aliphatic carbocycles. The molecule has 3 nitrogen and oxygen atoms in total. The first-order chi connectivity index (χ1) is 7.80. The topological polar surface area (TPSA) is 46.3 Å². The largest absolute Gasteiger partial charge is 0.339 e. The van der Waals surface area contributed by atoms with Crippen molar-refractivity contribution in [1.82, 2.24) is 4.90 Å². The third-order valence-electron chi connectivity index (χ3n) is 3.34. The number of nitrogens with two attached hydrogens (primary N) is 1. The summed E-state index contributed by atoms with van der Waals surface area (Å²) in [5, 5.41) is 0. The van der Waals surface area contributed by atoms with Gasteiger partial charge in [-0.3, -0.25) is 4.79 Å². The Morgan fingerprint density at radius 1 is 1.53 bits per heavy atom. The lowest BCUT2D eigenvalue weighted by Crippen LogP contribution is -2.36. The van der Waals surface area contributed by atoms with Crippen molar-refractivity contribution >= 4 is 5.91 Å². The van der Waals surface area contributed by atoms with E-state index in [0.717, 1.165) is 25.9 Å². The van der Waals surface area contributed by atoms with Gasteiger partial charge in [0.05, 0.1) is 0 Å². The van der Waals surface area contributed by atoms with Gasteiger partial charge in [-0.2, -0.15) is 0 Å². The second-order valence-electron chi connectivity index (χ2n) is 6.09. The molecule has 1 amide bonds. The van der Waals surface area contributed by atoms with Gasteiger partial charge in [0.2, 0.25) is 5.91 Å². The molecule has 0 aromatic rings. The maximum absolute atomic E-state index is 11.9. The number of carbonyl (C=O) groups excluding carboxylic acids is 1. The second-order valence-corrected chi connectivity index (χ2v) is 6.09. The molecular weight excluding hydrogens is 212 g/mol. The van der Waals surface area contributed by atoms with E-state index >= 15 is 0 Å². The summed E-state index contributed by atoms with van der Waals surface area (Å²) in [7, 11) is 0. The molecule has 98 valence electrons. The van der Waals surface area contributed by atoms with Crippen LogP contribution in [0, 0.1) is 5.41 Å². The van der Waals surface area contributed by atoms with Crippen LogP contribution in [0.3, 0.4) is 0 Å². The summed E-state index contributed by atoms with van der Waals surface area (Å²) in [5.74, 6) is 0.242. The van der Waals surface area contributed by atoms with Crippen LogP contribution >= 0.6 is 0 Å². The summed E-state index contributed by atoms with van der Waals surface area (Å²) in [4.78, 5) is 13.8. The van der Waals surface area contributed by atoms with Crippen molar-refractivity contribution in [1.29, 1.82) is 0 Å². The van der Waals surface area contributed by atoms with Crippen LogP contribution in [0.2, 0.25) is 0 Å². The quantitative estimate of drug-likeness (QED) is 0.767. The lowest BCUT2D eigenvalue weighted by atomic mass is 9.83. The molecular formula is C14H26N2O. The van der Waals surface area contributed by atoms with E-state index in [-0.39, 0.29) is 17.4 Å². The summed E-state index contributed by atoms with van der Waals surface area (Å²) in [6.45, 7) is 10.3. The van der Waals surface area contributed by atoms with Crippen LogP contribution in [0.5, 0.6) is 0 Å². The van der Waals surface area contributed by atoms with Crippen LogP contribution in [0.1, 0.15) is 47.0 Å². The van der Waals surface area contributed by atoms with Crippen molar-refractivity contribution in [2.24, 2.45) is 11.1 Å². The van der Waals surface area contributed by atoms with Crippen molar-refractivity contribution in [3.8, 4) is 0 Å². The molecule has 0 saturated heterocycles. The molecule has 1 atom stereocenters. The Bertz CT molecular complexity index is 300. The lowest BCUT2D eigenvalue weighted by molar-refractivity contribution is -0.131. The molecule has 17 heavy (non-hydrogen) atoms. The Kier molecular flexibility index (Phi) is 4.75. The standard InChI is InChI=1S/C14H26N2O/c1-11(15)5-6-13(17)16-9-7-12(8-10-16)14(2,3)4/h7,11H,5-6,8-10,15H2,1-4H3. The Hall–Kier alpha value is -0.830. The number of hydrogen-bond donors (Lipinski definition) is 1.